The van der Waals surface area contributed by atoms with E-state index in [1.807, 2.05) is 0 Å². The molecule has 2 aromatic rings. The van der Waals surface area contributed by atoms with Gasteiger partial charge in [-0.2, -0.15) is 0 Å². The van der Waals surface area contributed by atoms with Gasteiger partial charge in [-0.25, -0.2) is 9.37 Å². The smallest absolute Gasteiger partial charge is 0.252 e. The number of nitrogens with zero attached hydrogens (tertiary/aromatic N) is 1. The van der Waals surface area contributed by atoms with Crippen LogP contribution >= 0.6 is 0 Å². The molecule has 1 aromatic heterocycles. The van der Waals surface area contributed by atoms with Crippen LogP contribution in [-0.4, -0.2) is 9.97 Å². The Morgan fingerprint density at radius 1 is 1.38 bits per heavy atom. The van der Waals surface area contributed by atoms with Crippen LogP contribution < -0.4 is 10.9 Å². The van der Waals surface area contributed by atoms with E-state index >= 15 is 0 Å². The summed E-state index contributed by atoms with van der Waals surface area (Å²) in [6, 6.07) is 7.55. The minimum atomic E-state index is -0.397. The number of nitrogens with one attached hydrogen (secondary N) is 2. The highest BCUT2D eigenvalue weighted by Gasteiger charge is 2.02. The lowest BCUT2D eigenvalue weighted by Crippen LogP contribution is -2.10. The molecular weight excluding hydrogens is 209 g/mol. The van der Waals surface area contributed by atoms with E-state index in [9.17, 15) is 9.18 Å². The predicted molar refractivity (Wildman–Crippen MR) is 59.3 cm³/mol. The lowest BCUT2D eigenvalue weighted by molar-refractivity contribution is 0.631. The van der Waals surface area contributed by atoms with Crippen molar-refractivity contribution in [1.82, 2.24) is 9.97 Å². The molecule has 0 radical (unpaired) electrons. The molecule has 0 saturated carbocycles. The summed E-state index contributed by atoms with van der Waals surface area (Å²) in [5.74, 6) is -0.165. The number of aromatic nitrogens is 2. The minimum Gasteiger partial charge on any atom is -0.323 e. The van der Waals surface area contributed by atoms with Gasteiger partial charge in [0.1, 0.15) is 5.82 Å². The van der Waals surface area contributed by atoms with E-state index in [0.29, 0.717) is 5.69 Å². The average molecular weight is 219 g/mol. The SMILES string of the molecule is Cc1cc(=O)[nH]c(Nc2ccccc2F)n1. The van der Waals surface area contributed by atoms with E-state index in [1.165, 1.54) is 12.1 Å². The van der Waals surface area contributed by atoms with Crippen LogP contribution in [0.3, 0.4) is 0 Å². The Hall–Kier alpha value is -2.17. The molecule has 82 valence electrons. The van der Waals surface area contributed by atoms with E-state index < -0.39 is 5.82 Å². The van der Waals surface area contributed by atoms with E-state index in [-0.39, 0.29) is 17.2 Å². The molecule has 0 atom stereocenters. The Balaban J connectivity index is 2.34. The highest BCUT2D eigenvalue weighted by molar-refractivity contribution is 5.53. The first-order valence-corrected chi connectivity index (χ1v) is 4.75. The van der Waals surface area contributed by atoms with Gasteiger partial charge in [-0.15, -0.1) is 0 Å². The number of anilines is 2. The summed E-state index contributed by atoms with van der Waals surface area (Å²) >= 11 is 0. The molecule has 0 spiro atoms. The Morgan fingerprint density at radius 3 is 2.81 bits per heavy atom. The molecule has 0 fully saturated rings. The first kappa shape index (κ1) is 10.4. The van der Waals surface area contributed by atoms with Crippen molar-refractivity contribution in [2.45, 2.75) is 6.92 Å². The van der Waals surface area contributed by atoms with Crippen molar-refractivity contribution in [3.05, 3.63) is 52.2 Å². The van der Waals surface area contributed by atoms with Crippen molar-refractivity contribution in [2.24, 2.45) is 0 Å². The molecule has 2 rings (SSSR count). The van der Waals surface area contributed by atoms with Gasteiger partial charge in [0.25, 0.3) is 5.56 Å². The highest BCUT2D eigenvalue weighted by atomic mass is 19.1. The summed E-state index contributed by atoms with van der Waals surface area (Å²) in [5, 5.41) is 2.71. The number of rotatable bonds is 2. The van der Waals surface area contributed by atoms with Gasteiger partial charge >= 0.3 is 0 Å². The third-order valence-corrected chi connectivity index (χ3v) is 2.00. The van der Waals surface area contributed by atoms with Crippen LogP contribution in [0.4, 0.5) is 16.0 Å². The predicted octanol–water partition coefficient (Wildman–Crippen LogP) is 1.96. The summed E-state index contributed by atoms with van der Waals surface area (Å²) in [6.07, 6.45) is 0. The lowest BCUT2D eigenvalue weighted by Gasteiger charge is -2.06. The molecule has 0 aliphatic heterocycles. The summed E-state index contributed by atoms with van der Waals surface area (Å²) in [4.78, 5) is 17.7. The molecule has 0 bridgehead atoms. The fourth-order valence-corrected chi connectivity index (χ4v) is 1.33. The molecule has 16 heavy (non-hydrogen) atoms. The van der Waals surface area contributed by atoms with Crippen molar-refractivity contribution < 1.29 is 4.39 Å². The summed E-state index contributed by atoms with van der Waals surface area (Å²) < 4.78 is 13.3. The number of hydrogen-bond donors (Lipinski definition) is 2. The second-order valence-electron chi connectivity index (χ2n) is 3.34. The Morgan fingerprint density at radius 2 is 2.12 bits per heavy atom. The monoisotopic (exact) mass is 219 g/mol. The maximum Gasteiger partial charge on any atom is 0.252 e. The maximum atomic E-state index is 13.3. The zero-order valence-corrected chi connectivity index (χ0v) is 8.62. The topological polar surface area (TPSA) is 57.8 Å². The number of halogens is 1. The fourth-order valence-electron chi connectivity index (χ4n) is 1.33. The Kier molecular flexibility index (Phi) is 2.68. The molecule has 5 heteroatoms. The molecule has 0 unspecified atom stereocenters. The van der Waals surface area contributed by atoms with Crippen molar-refractivity contribution in [3.8, 4) is 0 Å². The quantitative estimate of drug-likeness (QED) is 0.811. The van der Waals surface area contributed by atoms with Gasteiger partial charge < -0.3 is 5.32 Å². The Labute approximate surface area is 91.2 Å². The van der Waals surface area contributed by atoms with Gasteiger partial charge in [-0.3, -0.25) is 9.78 Å². The molecule has 1 heterocycles. The van der Waals surface area contributed by atoms with Crippen LogP contribution in [0, 0.1) is 12.7 Å². The summed E-state index contributed by atoms with van der Waals surface area (Å²) in [7, 11) is 0. The van der Waals surface area contributed by atoms with Crippen molar-refractivity contribution >= 4 is 11.6 Å². The number of para-hydroxylation sites is 1. The zero-order valence-electron chi connectivity index (χ0n) is 8.62. The van der Waals surface area contributed by atoms with Gasteiger partial charge in [0, 0.05) is 11.8 Å². The van der Waals surface area contributed by atoms with Crippen LogP contribution in [0.25, 0.3) is 0 Å². The molecule has 0 saturated heterocycles. The highest BCUT2D eigenvalue weighted by Crippen LogP contribution is 2.15. The zero-order chi connectivity index (χ0) is 11.5. The summed E-state index contributed by atoms with van der Waals surface area (Å²) in [5.41, 5.74) is 0.574. The average Bonchev–Trinajstić information content (AvgIpc) is 2.20. The normalized spacial score (nSPS) is 10.1. The molecule has 4 nitrogen and oxygen atoms in total. The second-order valence-corrected chi connectivity index (χ2v) is 3.34. The van der Waals surface area contributed by atoms with Crippen molar-refractivity contribution in [3.63, 3.8) is 0 Å². The molecular formula is C11H10FN3O. The maximum absolute atomic E-state index is 13.3. The molecule has 0 aliphatic rings. The first-order valence-electron chi connectivity index (χ1n) is 4.75. The van der Waals surface area contributed by atoms with Crippen molar-refractivity contribution in [1.29, 1.82) is 0 Å². The van der Waals surface area contributed by atoms with Crippen LogP contribution in [0.15, 0.2) is 35.1 Å². The van der Waals surface area contributed by atoms with E-state index in [4.69, 9.17) is 0 Å². The van der Waals surface area contributed by atoms with Crippen LogP contribution in [0.1, 0.15) is 5.69 Å². The number of aryl methyl sites for hydroxylation is 1. The van der Waals surface area contributed by atoms with E-state index in [0.717, 1.165) is 0 Å². The first-order chi connectivity index (χ1) is 7.65. The minimum absolute atomic E-state index is 0.232. The second kappa shape index (κ2) is 4.14. The lowest BCUT2D eigenvalue weighted by atomic mass is 10.3. The molecule has 1 aromatic carbocycles. The number of benzene rings is 1. The van der Waals surface area contributed by atoms with Gasteiger partial charge in [-0.1, -0.05) is 12.1 Å². The van der Waals surface area contributed by atoms with Gasteiger partial charge in [-0.05, 0) is 19.1 Å². The summed E-state index contributed by atoms with van der Waals surface area (Å²) in [6.45, 7) is 1.70. The number of aromatic amines is 1. The third-order valence-electron chi connectivity index (χ3n) is 2.00. The molecule has 0 aliphatic carbocycles. The van der Waals surface area contributed by atoms with Crippen LogP contribution in [-0.2, 0) is 0 Å². The van der Waals surface area contributed by atoms with Gasteiger partial charge in [0.15, 0.2) is 0 Å². The number of H-pyrrole nitrogens is 1. The Bertz CT molecular complexity index is 565. The molecule has 0 amide bonds. The fraction of sp³-hybridized carbons (Fsp3) is 0.0909. The van der Waals surface area contributed by atoms with E-state index in [2.05, 4.69) is 15.3 Å². The van der Waals surface area contributed by atoms with Crippen molar-refractivity contribution in [2.75, 3.05) is 5.32 Å². The standard InChI is InChI=1S/C11H10FN3O/c1-7-6-10(16)15-11(13-7)14-9-5-3-2-4-8(9)12/h2-6H,1H3,(H2,13,14,15,16). The van der Waals surface area contributed by atoms with Gasteiger partial charge in [0.05, 0.1) is 5.69 Å². The molecule has 2 N–H and O–H groups in total. The van der Waals surface area contributed by atoms with Crippen LogP contribution in [0.2, 0.25) is 0 Å². The largest absolute Gasteiger partial charge is 0.323 e. The van der Waals surface area contributed by atoms with Gasteiger partial charge in [0.2, 0.25) is 5.95 Å². The number of hydrogen-bond acceptors (Lipinski definition) is 3. The third kappa shape index (κ3) is 2.25. The van der Waals surface area contributed by atoms with Crippen LogP contribution in [0.5, 0.6) is 0 Å². The van der Waals surface area contributed by atoms with E-state index in [1.54, 1.807) is 25.1 Å².